The zero-order chi connectivity index (χ0) is 16.4. The van der Waals surface area contributed by atoms with Gasteiger partial charge in [-0.15, -0.1) is 0 Å². The number of urea groups is 1. The van der Waals surface area contributed by atoms with Crippen LogP contribution in [0.4, 0.5) is 10.5 Å². The van der Waals surface area contributed by atoms with Gasteiger partial charge in [0.2, 0.25) is 0 Å². The SMILES string of the molecule is O=C(O)[C@@H]1Cc2ccccc2CN1C(=O)Nc1ccc(Cl)cc1. The summed E-state index contributed by atoms with van der Waals surface area (Å²) in [7, 11) is 0. The van der Waals surface area contributed by atoms with Gasteiger partial charge in [-0.05, 0) is 35.4 Å². The van der Waals surface area contributed by atoms with E-state index in [4.69, 9.17) is 11.6 Å². The zero-order valence-electron chi connectivity index (χ0n) is 12.2. The topological polar surface area (TPSA) is 69.6 Å². The molecule has 1 aliphatic heterocycles. The van der Waals surface area contributed by atoms with Crippen molar-refractivity contribution in [1.29, 1.82) is 0 Å². The van der Waals surface area contributed by atoms with Gasteiger partial charge in [-0.3, -0.25) is 0 Å². The number of aliphatic carboxylic acids is 1. The van der Waals surface area contributed by atoms with E-state index >= 15 is 0 Å². The molecule has 0 bridgehead atoms. The first-order chi connectivity index (χ1) is 11.0. The third-order valence-corrected chi connectivity index (χ3v) is 4.14. The molecule has 0 saturated carbocycles. The van der Waals surface area contributed by atoms with Crippen LogP contribution in [0.15, 0.2) is 48.5 Å². The summed E-state index contributed by atoms with van der Waals surface area (Å²) in [5, 5.41) is 12.7. The minimum Gasteiger partial charge on any atom is -0.480 e. The Hall–Kier alpha value is -2.53. The Balaban J connectivity index is 1.83. The molecular weight excluding hydrogens is 316 g/mol. The highest BCUT2D eigenvalue weighted by molar-refractivity contribution is 6.30. The molecule has 2 N–H and O–H groups in total. The molecule has 2 aromatic carbocycles. The van der Waals surface area contributed by atoms with Crippen LogP contribution in [-0.2, 0) is 17.8 Å². The van der Waals surface area contributed by atoms with Crippen LogP contribution in [0.3, 0.4) is 0 Å². The number of amides is 2. The van der Waals surface area contributed by atoms with Crippen molar-refractivity contribution in [3.8, 4) is 0 Å². The molecular formula is C17H15ClN2O3. The van der Waals surface area contributed by atoms with Crippen LogP contribution in [0, 0.1) is 0 Å². The Morgan fingerprint density at radius 1 is 1.09 bits per heavy atom. The van der Waals surface area contributed by atoms with Crippen molar-refractivity contribution in [2.45, 2.75) is 19.0 Å². The third-order valence-electron chi connectivity index (χ3n) is 3.89. The zero-order valence-corrected chi connectivity index (χ0v) is 13.0. The minimum absolute atomic E-state index is 0.270. The number of carboxylic acids is 1. The smallest absolute Gasteiger partial charge is 0.326 e. The molecule has 118 valence electrons. The molecule has 23 heavy (non-hydrogen) atoms. The van der Waals surface area contributed by atoms with Crippen molar-refractivity contribution >= 4 is 29.3 Å². The maximum absolute atomic E-state index is 12.5. The van der Waals surface area contributed by atoms with Gasteiger partial charge in [-0.2, -0.15) is 0 Å². The van der Waals surface area contributed by atoms with Crippen LogP contribution in [-0.4, -0.2) is 28.0 Å². The van der Waals surface area contributed by atoms with Crippen LogP contribution >= 0.6 is 11.6 Å². The monoisotopic (exact) mass is 330 g/mol. The van der Waals surface area contributed by atoms with Crippen LogP contribution in [0.1, 0.15) is 11.1 Å². The molecule has 1 atom stereocenters. The normalized spacial score (nSPS) is 16.6. The average Bonchev–Trinajstić information content (AvgIpc) is 2.55. The molecule has 5 nitrogen and oxygen atoms in total. The summed E-state index contributed by atoms with van der Waals surface area (Å²) in [6, 6.07) is 12.9. The molecule has 0 fully saturated rings. The first kappa shape index (κ1) is 15.4. The molecule has 6 heteroatoms. The number of fused-ring (bicyclic) bond motifs is 1. The van der Waals surface area contributed by atoms with Crippen molar-refractivity contribution < 1.29 is 14.7 Å². The lowest BCUT2D eigenvalue weighted by Gasteiger charge is -2.34. The van der Waals surface area contributed by atoms with Crippen molar-refractivity contribution in [3.63, 3.8) is 0 Å². The lowest BCUT2D eigenvalue weighted by atomic mass is 9.94. The summed E-state index contributed by atoms with van der Waals surface area (Å²) in [4.78, 5) is 25.4. The van der Waals surface area contributed by atoms with E-state index in [1.54, 1.807) is 24.3 Å². The van der Waals surface area contributed by atoms with Gasteiger partial charge in [0.1, 0.15) is 6.04 Å². The molecule has 1 heterocycles. The van der Waals surface area contributed by atoms with Crippen molar-refractivity contribution in [3.05, 3.63) is 64.7 Å². The van der Waals surface area contributed by atoms with Gasteiger partial charge in [-0.1, -0.05) is 35.9 Å². The number of hydrogen-bond donors (Lipinski definition) is 2. The number of hydrogen-bond acceptors (Lipinski definition) is 2. The van der Waals surface area contributed by atoms with Crippen LogP contribution < -0.4 is 5.32 Å². The fourth-order valence-electron chi connectivity index (χ4n) is 2.69. The Morgan fingerprint density at radius 3 is 2.39 bits per heavy atom. The largest absolute Gasteiger partial charge is 0.480 e. The van der Waals surface area contributed by atoms with Crippen molar-refractivity contribution in [1.82, 2.24) is 4.90 Å². The summed E-state index contributed by atoms with van der Waals surface area (Å²) < 4.78 is 0. The van der Waals surface area contributed by atoms with E-state index in [1.807, 2.05) is 24.3 Å². The van der Waals surface area contributed by atoms with Crippen LogP contribution in [0.2, 0.25) is 5.02 Å². The van der Waals surface area contributed by atoms with Gasteiger partial charge < -0.3 is 15.3 Å². The van der Waals surface area contributed by atoms with Crippen LogP contribution in [0.25, 0.3) is 0 Å². The van der Waals surface area contributed by atoms with E-state index in [1.165, 1.54) is 4.90 Å². The quantitative estimate of drug-likeness (QED) is 0.886. The summed E-state index contributed by atoms with van der Waals surface area (Å²) in [6.07, 6.45) is 0.305. The van der Waals surface area contributed by atoms with E-state index in [0.717, 1.165) is 11.1 Å². The number of rotatable bonds is 2. The molecule has 0 aliphatic carbocycles. The molecule has 0 unspecified atom stereocenters. The highest BCUT2D eigenvalue weighted by atomic mass is 35.5. The Morgan fingerprint density at radius 2 is 1.74 bits per heavy atom. The van der Waals surface area contributed by atoms with E-state index in [-0.39, 0.29) is 6.54 Å². The van der Waals surface area contributed by atoms with Crippen molar-refractivity contribution in [2.24, 2.45) is 0 Å². The maximum Gasteiger partial charge on any atom is 0.326 e. The second-order valence-corrected chi connectivity index (χ2v) is 5.83. The van der Waals surface area contributed by atoms with E-state index < -0.39 is 18.0 Å². The Bertz CT molecular complexity index is 746. The maximum atomic E-state index is 12.5. The van der Waals surface area contributed by atoms with Crippen molar-refractivity contribution in [2.75, 3.05) is 5.32 Å². The predicted molar refractivity (Wildman–Crippen MR) is 87.6 cm³/mol. The summed E-state index contributed by atoms with van der Waals surface area (Å²) in [5.41, 5.74) is 2.51. The molecule has 0 spiro atoms. The Kier molecular flexibility index (Phi) is 4.21. The lowest BCUT2D eigenvalue weighted by molar-refractivity contribution is -0.142. The lowest BCUT2D eigenvalue weighted by Crippen LogP contribution is -2.50. The second-order valence-electron chi connectivity index (χ2n) is 5.39. The highest BCUT2D eigenvalue weighted by Crippen LogP contribution is 2.24. The van der Waals surface area contributed by atoms with E-state index in [9.17, 15) is 14.7 Å². The molecule has 2 aromatic rings. The number of halogens is 1. The molecule has 2 amide bonds. The third kappa shape index (κ3) is 3.29. The molecule has 3 rings (SSSR count). The fraction of sp³-hybridized carbons (Fsp3) is 0.176. The van der Waals surface area contributed by atoms with Gasteiger partial charge in [0.05, 0.1) is 0 Å². The minimum atomic E-state index is -1.01. The predicted octanol–water partition coefficient (Wildman–Crippen LogP) is 3.38. The molecule has 1 aliphatic rings. The molecule has 0 aromatic heterocycles. The van der Waals surface area contributed by atoms with Gasteiger partial charge in [0.15, 0.2) is 0 Å². The van der Waals surface area contributed by atoms with E-state index in [2.05, 4.69) is 5.32 Å². The summed E-state index contributed by atoms with van der Waals surface area (Å²) in [6.45, 7) is 0.270. The average molecular weight is 331 g/mol. The van der Waals surface area contributed by atoms with Gasteiger partial charge in [0, 0.05) is 23.7 Å². The number of nitrogens with one attached hydrogen (secondary N) is 1. The van der Waals surface area contributed by atoms with Gasteiger partial charge in [0.25, 0.3) is 0 Å². The Labute approximate surface area is 138 Å². The first-order valence-corrected chi connectivity index (χ1v) is 7.55. The van der Waals surface area contributed by atoms with E-state index in [0.29, 0.717) is 17.1 Å². The summed E-state index contributed by atoms with van der Waals surface area (Å²) in [5.74, 6) is -1.01. The van der Waals surface area contributed by atoms with Gasteiger partial charge in [-0.25, -0.2) is 9.59 Å². The number of carbonyl (C=O) groups is 2. The standard InChI is InChI=1S/C17H15ClN2O3/c18-13-5-7-14(8-6-13)19-17(23)20-10-12-4-2-1-3-11(12)9-15(20)16(21)22/h1-8,15H,9-10H2,(H,19,23)(H,21,22)/t15-/m0/s1. The number of benzene rings is 2. The number of carboxylic acid groups (broad SMARTS) is 1. The summed E-state index contributed by atoms with van der Waals surface area (Å²) >= 11 is 5.82. The van der Waals surface area contributed by atoms with Gasteiger partial charge >= 0.3 is 12.0 Å². The molecule has 0 radical (unpaired) electrons. The number of carbonyl (C=O) groups excluding carboxylic acids is 1. The second kappa shape index (κ2) is 6.30. The first-order valence-electron chi connectivity index (χ1n) is 7.17. The van der Waals surface area contributed by atoms with Crippen LogP contribution in [0.5, 0.6) is 0 Å². The molecule has 0 saturated heterocycles. The fourth-order valence-corrected chi connectivity index (χ4v) is 2.81. The highest BCUT2D eigenvalue weighted by Gasteiger charge is 2.34. The number of nitrogens with zero attached hydrogens (tertiary/aromatic N) is 1. The number of anilines is 1.